The molecule has 0 aliphatic heterocycles. The normalized spacial score (nSPS) is 23.8. The summed E-state index contributed by atoms with van der Waals surface area (Å²) in [6.07, 6.45) is 13.2. The average Bonchev–Trinajstić information content (AvgIpc) is 4.03. The zero-order valence-electron chi connectivity index (χ0n) is 30.3. The highest BCUT2D eigenvalue weighted by molar-refractivity contribution is 6.38. The molecule has 5 aliphatic carbocycles. The van der Waals surface area contributed by atoms with Crippen molar-refractivity contribution in [2.45, 2.75) is 121 Å². The van der Waals surface area contributed by atoms with Crippen LogP contribution in [0.1, 0.15) is 113 Å². The molecule has 1 spiro atoms. The zero-order chi connectivity index (χ0) is 36.8. The summed E-state index contributed by atoms with van der Waals surface area (Å²) < 4.78 is 0. The quantitative estimate of drug-likeness (QED) is 0.229. The van der Waals surface area contributed by atoms with Crippen LogP contribution in [0.2, 0.25) is 0 Å². The van der Waals surface area contributed by atoms with Crippen LogP contribution in [0.15, 0.2) is 42.9 Å². The Morgan fingerprint density at radius 2 is 1.44 bits per heavy atom. The molecular weight excluding hydrogens is 660 g/mol. The van der Waals surface area contributed by atoms with Gasteiger partial charge in [0.15, 0.2) is 5.78 Å². The lowest BCUT2D eigenvalue weighted by atomic mass is 9.55. The second-order valence-electron chi connectivity index (χ2n) is 16.7. The van der Waals surface area contributed by atoms with E-state index in [1.807, 2.05) is 45.0 Å². The lowest BCUT2D eigenvalue weighted by Crippen LogP contribution is -2.64. The fraction of sp³-hybridized carbons (Fsp3) is 0.600. The van der Waals surface area contributed by atoms with Crippen molar-refractivity contribution in [3.05, 3.63) is 59.7 Å². The second-order valence-corrected chi connectivity index (χ2v) is 16.7. The first-order chi connectivity index (χ1) is 24.9. The van der Waals surface area contributed by atoms with Gasteiger partial charge in [-0.1, -0.05) is 70.7 Å². The lowest BCUT2D eigenvalue weighted by molar-refractivity contribution is -0.149. The highest BCUT2D eigenvalue weighted by Crippen LogP contribution is 2.68. The van der Waals surface area contributed by atoms with E-state index in [1.54, 1.807) is 0 Å². The Bertz CT molecular complexity index is 1720. The van der Waals surface area contributed by atoms with E-state index in [0.29, 0.717) is 6.42 Å². The van der Waals surface area contributed by atoms with Crippen molar-refractivity contribution < 1.29 is 28.8 Å². The molecular formula is C40H50N6O6. The maximum Gasteiger partial charge on any atom is 0.289 e. The van der Waals surface area contributed by atoms with Crippen LogP contribution < -0.4 is 21.3 Å². The molecule has 5 aliphatic rings. The Labute approximate surface area is 304 Å². The van der Waals surface area contributed by atoms with Crippen molar-refractivity contribution in [2.24, 2.45) is 29.1 Å². The highest BCUT2D eigenvalue weighted by Gasteiger charge is 2.70. The molecule has 7 rings (SSSR count). The molecule has 0 bridgehead atoms. The van der Waals surface area contributed by atoms with Gasteiger partial charge >= 0.3 is 0 Å². The van der Waals surface area contributed by atoms with Gasteiger partial charge < -0.3 is 21.3 Å². The van der Waals surface area contributed by atoms with E-state index in [1.165, 1.54) is 18.6 Å². The molecule has 52 heavy (non-hydrogen) atoms. The summed E-state index contributed by atoms with van der Waals surface area (Å²) in [5.74, 6) is -4.72. The SMILES string of the molecule is CC(C)(C)[C@H](NC(=O)[C@@H](NC(=O)c1cnccn1)C1CCCCC1)C(=O)C1CC2(c3ccccc32)C1C(=O)NC(C(=O)C(=O)NC1CC1)C1CCC1. The first-order valence-corrected chi connectivity index (χ1v) is 19.1. The number of rotatable bonds is 13. The fourth-order valence-corrected chi connectivity index (χ4v) is 8.86. The molecule has 3 unspecified atom stereocenters. The fourth-order valence-electron chi connectivity index (χ4n) is 8.86. The smallest absolute Gasteiger partial charge is 0.289 e. The first-order valence-electron chi connectivity index (χ1n) is 19.1. The van der Waals surface area contributed by atoms with Crippen LogP contribution in [0.25, 0.3) is 0 Å². The molecule has 5 atom stereocenters. The summed E-state index contributed by atoms with van der Waals surface area (Å²) in [6, 6.07) is 4.99. The number of amides is 4. The Kier molecular flexibility index (Phi) is 9.77. The van der Waals surface area contributed by atoms with Crippen molar-refractivity contribution in [3.8, 4) is 0 Å². The largest absolute Gasteiger partial charge is 0.347 e. The van der Waals surface area contributed by atoms with Gasteiger partial charge in [0.2, 0.25) is 17.6 Å². The minimum absolute atomic E-state index is 0.00893. The van der Waals surface area contributed by atoms with Gasteiger partial charge in [-0.3, -0.25) is 33.8 Å². The maximum absolute atomic E-state index is 14.8. The number of nitrogens with one attached hydrogen (secondary N) is 4. The van der Waals surface area contributed by atoms with Crippen LogP contribution in [-0.4, -0.2) is 69.3 Å². The van der Waals surface area contributed by atoms with E-state index in [-0.39, 0.29) is 29.4 Å². The summed E-state index contributed by atoms with van der Waals surface area (Å²) in [6.45, 7) is 5.63. The Morgan fingerprint density at radius 1 is 0.788 bits per heavy atom. The van der Waals surface area contributed by atoms with Crippen LogP contribution in [0.4, 0.5) is 0 Å². The van der Waals surface area contributed by atoms with Crippen LogP contribution in [0, 0.1) is 29.1 Å². The van der Waals surface area contributed by atoms with Crippen LogP contribution in [-0.2, 0) is 29.4 Å². The monoisotopic (exact) mass is 710 g/mol. The van der Waals surface area contributed by atoms with E-state index < -0.39 is 70.2 Å². The molecule has 4 fully saturated rings. The third-order valence-corrected chi connectivity index (χ3v) is 12.2. The molecule has 4 N–H and O–H groups in total. The van der Waals surface area contributed by atoms with Crippen LogP contribution >= 0.6 is 0 Å². The van der Waals surface area contributed by atoms with Gasteiger partial charge in [-0.15, -0.1) is 0 Å². The first kappa shape index (κ1) is 35.9. The number of nitrogens with zero attached hydrogens (tertiary/aromatic N) is 2. The Hall–Kier alpha value is -4.48. The summed E-state index contributed by atoms with van der Waals surface area (Å²) in [5, 5.41) is 11.7. The van der Waals surface area contributed by atoms with E-state index in [4.69, 9.17) is 0 Å². The molecule has 12 heteroatoms. The molecule has 1 heterocycles. The van der Waals surface area contributed by atoms with E-state index >= 15 is 0 Å². The summed E-state index contributed by atoms with van der Waals surface area (Å²) in [5.41, 5.74) is 0.764. The Morgan fingerprint density at radius 3 is 2.02 bits per heavy atom. The molecule has 12 nitrogen and oxygen atoms in total. The van der Waals surface area contributed by atoms with Gasteiger partial charge in [-0.05, 0) is 73.3 Å². The van der Waals surface area contributed by atoms with Crippen molar-refractivity contribution >= 4 is 35.2 Å². The summed E-state index contributed by atoms with van der Waals surface area (Å²) in [7, 11) is 0. The standard InChI is InChI=1S/C40H50N6O6/c1-39(2,3)34(46-37(51)31(23-10-5-4-6-11-23)45-35(49)28-21-41-18-19-42-28)32(47)25-20-40(26-14-7-8-15-27(26)40)29(25)36(50)44-30(22-12-9-13-22)33(48)38(52)43-24-16-17-24/h7-8,14-15,18-19,21-25,29-31,34H,4-6,9-13,16-17,20H2,1-3H3,(H,43,52)(H,44,50)(H,45,49)(H,46,51)/t25?,29?,30?,31-,34+/m0/s1. The predicted molar refractivity (Wildman–Crippen MR) is 191 cm³/mol. The molecule has 2 aromatic rings. The highest BCUT2D eigenvalue weighted by atomic mass is 16.2. The van der Waals surface area contributed by atoms with E-state index in [0.717, 1.165) is 75.3 Å². The zero-order valence-corrected chi connectivity index (χ0v) is 30.3. The van der Waals surface area contributed by atoms with Gasteiger partial charge in [-0.25, -0.2) is 4.98 Å². The van der Waals surface area contributed by atoms with Crippen molar-refractivity contribution in [2.75, 3.05) is 0 Å². The topological polar surface area (TPSA) is 176 Å². The number of fused-ring (bicyclic) bond motifs is 3. The van der Waals surface area contributed by atoms with Crippen molar-refractivity contribution in [3.63, 3.8) is 0 Å². The molecule has 0 saturated heterocycles. The number of carbonyl (C=O) groups excluding carboxylic acids is 6. The predicted octanol–water partition coefficient (Wildman–Crippen LogP) is 3.32. The van der Waals surface area contributed by atoms with Crippen LogP contribution in [0.3, 0.4) is 0 Å². The van der Waals surface area contributed by atoms with E-state index in [2.05, 4.69) is 31.2 Å². The van der Waals surface area contributed by atoms with Gasteiger partial charge in [0, 0.05) is 29.8 Å². The molecule has 1 aromatic heterocycles. The van der Waals surface area contributed by atoms with Crippen molar-refractivity contribution in [1.29, 1.82) is 0 Å². The molecule has 276 valence electrons. The number of Topliss-reactive ketones (excluding diaryl/α,β-unsaturated/α-hetero) is 2. The molecule has 4 amide bonds. The van der Waals surface area contributed by atoms with Gasteiger partial charge in [0.25, 0.3) is 11.8 Å². The minimum atomic E-state index is -0.965. The molecule has 4 saturated carbocycles. The lowest BCUT2D eigenvalue weighted by Gasteiger charge is -2.47. The third kappa shape index (κ3) is 6.88. The molecule has 1 aromatic carbocycles. The number of hydrogen-bond donors (Lipinski definition) is 4. The third-order valence-electron chi connectivity index (χ3n) is 12.2. The summed E-state index contributed by atoms with van der Waals surface area (Å²) in [4.78, 5) is 91.1. The minimum Gasteiger partial charge on any atom is -0.347 e. The Balaban J connectivity index is 1.13. The number of carbonyl (C=O) groups is 6. The van der Waals surface area contributed by atoms with Crippen LogP contribution in [0.5, 0.6) is 0 Å². The maximum atomic E-state index is 14.8. The van der Waals surface area contributed by atoms with Gasteiger partial charge in [0.1, 0.15) is 17.8 Å². The van der Waals surface area contributed by atoms with E-state index in [9.17, 15) is 28.8 Å². The van der Waals surface area contributed by atoms with Crippen molar-refractivity contribution in [1.82, 2.24) is 31.2 Å². The number of hydrogen-bond acceptors (Lipinski definition) is 8. The van der Waals surface area contributed by atoms with Gasteiger partial charge in [0.05, 0.1) is 18.2 Å². The van der Waals surface area contributed by atoms with Gasteiger partial charge in [-0.2, -0.15) is 0 Å². The number of aromatic nitrogens is 2. The molecule has 0 radical (unpaired) electrons. The second kappa shape index (κ2) is 14.2. The average molecular weight is 711 g/mol. The number of benzene rings is 1. The number of ketones is 2. The summed E-state index contributed by atoms with van der Waals surface area (Å²) >= 11 is 0.